The molecule has 4 atom stereocenters. The average molecular weight is 347 g/mol. The van der Waals surface area contributed by atoms with Crippen molar-refractivity contribution in [2.24, 2.45) is 5.92 Å². The van der Waals surface area contributed by atoms with Crippen LogP contribution in [0.2, 0.25) is 10.0 Å². The molecule has 0 amide bonds. The number of imidazole rings is 1. The highest BCUT2D eigenvalue weighted by atomic mass is 35.5. The van der Waals surface area contributed by atoms with E-state index in [2.05, 4.69) is 4.98 Å². The van der Waals surface area contributed by atoms with Crippen molar-refractivity contribution >= 4 is 34.2 Å². The highest BCUT2D eigenvalue weighted by Gasteiger charge is 2.43. The normalized spacial score (nSPS) is 28.5. The van der Waals surface area contributed by atoms with Crippen LogP contribution in [0.3, 0.4) is 0 Å². The zero-order chi connectivity index (χ0) is 16.0. The molecule has 0 spiro atoms. The van der Waals surface area contributed by atoms with Gasteiger partial charge in [0.25, 0.3) is 6.01 Å². The van der Waals surface area contributed by atoms with Crippen LogP contribution in [-0.2, 0) is 0 Å². The Kier molecular flexibility index (Phi) is 4.22. The summed E-state index contributed by atoms with van der Waals surface area (Å²) in [6.07, 6.45) is -1.63. The molecule has 1 aliphatic carbocycles. The number of nitrogens with zero attached hydrogens (tertiary/aromatic N) is 2. The summed E-state index contributed by atoms with van der Waals surface area (Å²) in [6, 6.07) is 3.10. The first-order valence-corrected chi connectivity index (χ1v) is 7.61. The Labute approximate surface area is 136 Å². The van der Waals surface area contributed by atoms with E-state index in [1.807, 2.05) is 0 Å². The molecule has 1 heterocycles. The van der Waals surface area contributed by atoms with Gasteiger partial charge in [0.1, 0.15) is 6.10 Å². The molecule has 1 aliphatic rings. The van der Waals surface area contributed by atoms with Gasteiger partial charge < -0.3 is 20.1 Å². The Balaban J connectivity index is 2.15. The first kappa shape index (κ1) is 15.8. The summed E-state index contributed by atoms with van der Waals surface area (Å²) >= 11 is 12.1. The summed E-state index contributed by atoms with van der Waals surface area (Å²) in [4.78, 5) is 4.33. The van der Waals surface area contributed by atoms with Crippen LogP contribution in [0.15, 0.2) is 12.1 Å². The van der Waals surface area contributed by atoms with E-state index in [1.54, 1.807) is 16.7 Å². The number of aromatic nitrogens is 2. The van der Waals surface area contributed by atoms with Gasteiger partial charge >= 0.3 is 0 Å². The lowest BCUT2D eigenvalue weighted by atomic mass is 10.1. The minimum Gasteiger partial charge on any atom is -0.468 e. The molecule has 8 heteroatoms. The molecule has 6 nitrogen and oxygen atoms in total. The van der Waals surface area contributed by atoms with Crippen LogP contribution in [0.1, 0.15) is 12.5 Å². The first-order valence-electron chi connectivity index (χ1n) is 6.86. The van der Waals surface area contributed by atoms with E-state index in [0.29, 0.717) is 33.5 Å². The fourth-order valence-corrected chi connectivity index (χ4v) is 3.38. The number of ether oxygens (including phenoxy) is 1. The van der Waals surface area contributed by atoms with E-state index < -0.39 is 24.2 Å². The summed E-state index contributed by atoms with van der Waals surface area (Å²) in [5.41, 5.74) is 1.24. The predicted octanol–water partition coefficient (Wildman–Crippen LogP) is 1.63. The first-order chi connectivity index (χ1) is 10.5. The molecule has 0 bridgehead atoms. The molecule has 120 valence electrons. The van der Waals surface area contributed by atoms with E-state index in [9.17, 15) is 15.3 Å². The Hall–Kier alpha value is -1.05. The van der Waals surface area contributed by atoms with E-state index >= 15 is 0 Å². The zero-order valence-corrected chi connectivity index (χ0v) is 13.3. The van der Waals surface area contributed by atoms with E-state index in [-0.39, 0.29) is 6.61 Å². The standard InChI is InChI=1S/C14H16Cl2N2O4/c1-22-14-17-9-3-7(15)8(16)4-10(9)18(14)11-2-6(5-19)12(20)13(11)21/h3-4,6,11-13,19-21H,2,5H2,1H3. The van der Waals surface area contributed by atoms with Gasteiger partial charge in [-0.1, -0.05) is 23.2 Å². The highest BCUT2D eigenvalue weighted by molar-refractivity contribution is 6.42. The van der Waals surface area contributed by atoms with Gasteiger partial charge in [-0.2, -0.15) is 4.98 Å². The second-order valence-corrected chi connectivity index (χ2v) is 6.26. The quantitative estimate of drug-likeness (QED) is 0.786. The van der Waals surface area contributed by atoms with Crippen molar-refractivity contribution in [3.63, 3.8) is 0 Å². The minimum atomic E-state index is -1.03. The largest absolute Gasteiger partial charge is 0.468 e. The van der Waals surface area contributed by atoms with Gasteiger partial charge in [0.2, 0.25) is 0 Å². The Morgan fingerprint density at radius 3 is 2.55 bits per heavy atom. The predicted molar refractivity (Wildman–Crippen MR) is 82.5 cm³/mol. The molecule has 1 aromatic carbocycles. The van der Waals surface area contributed by atoms with Gasteiger partial charge in [0.05, 0.1) is 40.3 Å². The highest BCUT2D eigenvalue weighted by Crippen LogP contribution is 2.41. The number of methoxy groups -OCH3 is 1. The number of aliphatic hydroxyl groups is 3. The molecule has 3 N–H and O–H groups in total. The third-order valence-corrected chi connectivity index (χ3v) is 4.94. The number of rotatable bonds is 3. The second kappa shape index (κ2) is 5.86. The lowest BCUT2D eigenvalue weighted by molar-refractivity contribution is -0.00431. The smallest absolute Gasteiger partial charge is 0.297 e. The van der Waals surface area contributed by atoms with Crippen LogP contribution in [0.4, 0.5) is 0 Å². The summed E-state index contributed by atoms with van der Waals surface area (Å²) in [7, 11) is 1.47. The van der Waals surface area contributed by atoms with Crippen molar-refractivity contribution in [3.05, 3.63) is 22.2 Å². The number of benzene rings is 1. The molecule has 0 radical (unpaired) electrons. The van der Waals surface area contributed by atoms with Crippen LogP contribution in [0.25, 0.3) is 11.0 Å². The molecule has 22 heavy (non-hydrogen) atoms. The molecular formula is C14H16Cl2N2O4. The topological polar surface area (TPSA) is 87.7 Å². The van der Waals surface area contributed by atoms with Gasteiger partial charge in [-0.15, -0.1) is 0 Å². The monoisotopic (exact) mass is 346 g/mol. The summed E-state index contributed by atoms with van der Waals surface area (Å²) < 4.78 is 6.98. The van der Waals surface area contributed by atoms with E-state index in [1.165, 1.54) is 7.11 Å². The maximum absolute atomic E-state index is 10.3. The number of aliphatic hydroxyl groups excluding tert-OH is 3. The van der Waals surface area contributed by atoms with Crippen molar-refractivity contribution in [1.82, 2.24) is 9.55 Å². The maximum atomic E-state index is 10.3. The van der Waals surface area contributed by atoms with E-state index in [0.717, 1.165) is 0 Å². The molecule has 1 fully saturated rings. The van der Waals surface area contributed by atoms with Gasteiger partial charge in [0, 0.05) is 12.5 Å². The Morgan fingerprint density at radius 2 is 1.95 bits per heavy atom. The summed E-state index contributed by atoms with van der Waals surface area (Å²) in [5, 5.41) is 30.4. The zero-order valence-electron chi connectivity index (χ0n) is 11.8. The average Bonchev–Trinajstić information content (AvgIpc) is 2.98. The SMILES string of the molecule is COc1nc2cc(Cl)c(Cl)cc2n1C1CC(CO)C(O)C1O. The van der Waals surface area contributed by atoms with E-state index in [4.69, 9.17) is 27.9 Å². The van der Waals surface area contributed by atoms with Crippen LogP contribution in [-0.4, -0.2) is 50.8 Å². The molecule has 0 saturated heterocycles. The number of hydrogen-bond donors (Lipinski definition) is 3. The third kappa shape index (κ3) is 2.35. The lowest BCUT2D eigenvalue weighted by Gasteiger charge is -2.20. The van der Waals surface area contributed by atoms with Gasteiger partial charge in [0.15, 0.2) is 0 Å². The Morgan fingerprint density at radius 1 is 1.27 bits per heavy atom. The molecule has 1 saturated carbocycles. The molecular weight excluding hydrogens is 331 g/mol. The van der Waals surface area contributed by atoms with Crippen LogP contribution >= 0.6 is 23.2 Å². The minimum absolute atomic E-state index is 0.198. The fraction of sp³-hybridized carbons (Fsp3) is 0.500. The molecule has 0 aliphatic heterocycles. The lowest BCUT2D eigenvalue weighted by Crippen LogP contribution is -2.30. The molecule has 1 aromatic heterocycles. The fourth-order valence-electron chi connectivity index (χ4n) is 3.07. The second-order valence-electron chi connectivity index (χ2n) is 5.45. The van der Waals surface area contributed by atoms with Gasteiger partial charge in [-0.05, 0) is 18.6 Å². The number of halogens is 2. The van der Waals surface area contributed by atoms with Crippen molar-refractivity contribution in [3.8, 4) is 6.01 Å². The third-order valence-electron chi connectivity index (χ3n) is 4.22. The van der Waals surface area contributed by atoms with Crippen molar-refractivity contribution in [2.45, 2.75) is 24.7 Å². The number of hydrogen-bond acceptors (Lipinski definition) is 5. The summed E-state index contributed by atoms with van der Waals surface area (Å²) in [6.45, 7) is -0.198. The molecule has 4 unspecified atom stereocenters. The van der Waals surface area contributed by atoms with Gasteiger partial charge in [-0.3, -0.25) is 4.57 Å². The summed E-state index contributed by atoms with van der Waals surface area (Å²) in [5.74, 6) is -0.398. The van der Waals surface area contributed by atoms with Crippen LogP contribution in [0.5, 0.6) is 6.01 Å². The van der Waals surface area contributed by atoms with Crippen LogP contribution in [0, 0.1) is 5.92 Å². The molecule has 3 rings (SSSR count). The van der Waals surface area contributed by atoms with Crippen LogP contribution < -0.4 is 4.74 Å². The van der Waals surface area contributed by atoms with Crippen molar-refractivity contribution in [2.75, 3.05) is 13.7 Å². The van der Waals surface area contributed by atoms with Crippen molar-refractivity contribution in [1.29, 1.82) is 0 Å². The molecule has 2 aromatic rings. The number of fused-ring (bicyclic) bond motifs is 1. The van der Waals surface area contributed by atoms with Crippen molar-refractivity contribution < 1.29 is 20.1 Å². The van der Waals surface area contributed by atoms with Gasteiger partial charge in [-0.25, -0.2) is 0 Å². The Bertz CT molecular complexity index is 706. The maximum Gasteiger partial charge on any atom is 0.297 e.